The van der Waals surface area contributed by atoms with E-state index in [1.165, 1.54) is 6.07 Å². The average molecular weight is 316 g/mol. The van der Waals surface area contributed by atoms with E-state index in [4.69, 9.17) is 0 Å². The zero-order chi connectivity index (χ0) is 15.7. The molecule has 5 heteroatoms. The molecule has 0 radical (unpaired) electrons. The van der Waals surface area contributed by atoms with E-state index < -0.39 is 15.8 Å². The second-order valence-corrected chi connectivity index (χ2v) is 7.57. The van der Waals surface area contributed by atoms with Gasteiger partial charge in [-0.1, -0.05) is 18.2 Å². The van der Waals surface area contributed by atoms with Crippen LogP contribution in [0.2, 0.25) is 0 Å². The molecular weight excluding hydrogens is 300 g/mol. The number of ketones is 1. The van der Waals surface area contributed by atoms with Crippen molar-refractivity contribution in [2.45, 2.75) is 17.7 Å². The molecule has 0 saturated carbocycles. The molecule has 22 heavy (non-hydrogen) atoms. The van der Waals surface area contributed by atoms with Crippen LogP contribution in [0.15, 0.2) is 53.4 Å². The molecular formula is C17H16O4S. The van der Waals surface area contributed by atoms with Crippen LogP contribution in [0.3, 0.4) is 0 Å². The van der Waals surface area contributed by atoms with Gasteiger partial charge in [-0.3, -0.25) is 4.79 Å². The molecule has 0 amide bonds. The Morgan fingerprint density at radius 2 is 1.82 bits per heavy atom. The van der Waals surface area contributed by atoms with Crippen LogP contribution in [0.1, 0.15) is 22.3 Å². The summed E-state index contributed by atoms with van der Waals surface area (Å²) in [5, 5.41) is 9.47. The number of benzene rings is 2. The maximum absolute atomic E-state index is 12.5. The number of fused-ring (bicyclic) bond motifs is 1. The number of carbonyl (C=O) groups is 1. The Labute approximate surface area is 129 Å². The van der Waals surface area contributed by atoms with Gasteiger partial charge in [-0.05, 0) is 48.7 Å². The van der Waals surface area contributed by atoms with Crippen LogP contribution in [-0.4, -0.2) is 25.1 Å². The molecule has 2 aromatic carbocycles. The van der Waals surface area contributed by atoms with Gasteiger partial charge in [0.1, 0.15) is 5.75 Å². The molecule has 0 spiro atoms. The number of rotatable bonds is 3. The smallest absolute Gasteiger partial charge is 0.179 e. The number of aromatic hydroxyl groups is 1. The molecule has 2 aromatic rings. The summed E-state index contributed by atoms with van der Waals surface area (Å²) < 4.78 is 24.8. The topological polar surface area (TPSA) is 71.4 Å². The van der Waals surface area contributed by atoms with Gasteiger partial charge in [-0.2, -0.15) is 0 Å². The summed E-state index contributed by atoms with van der Waals surface area (Å²) in [5.74, 6) is -0.721. The fourth-order valence-corrected chi connectivity index (χ4v) is 4.47. The van der Waals surface area contributed by atoms with Gasteiger partial charge >= 0.3 is 0 Å². The zero-order valence-corrected chi connectivity index (χ0v) is 12.7. The van der Waals surface area contributed by atoms with E-state index >= 15 is 0 Å². The summed E-state index contributed by atoms with van der Waals surface area (Å²) in [6.45, 7) is 0. The molecule has 0 fully saturated rings. The molecule has 0 heterocycles. The molecule has 0 aromatic heterocycles. The van der Waals surface area contributed by atoms with Crippen LogP contribution in [-0.2, 0) is 16.3 Å². The zero-order valence-electron chi connectivity index (χ0n) is 11.9. The van der Waals surface area contributed by atoms with E-state index in [1.807, 2.05) is 0 Å². The first-order valence-corrected chi connectivity index (χ1v) is 8.76. The number of carbonyl (C=O) groups excluding carboxylic acids is 1. The van der Waals surface area contributed by atoms with Crippen molar-refractivity contribution in [2.24, 2.45) is 5.92 Å². The Bertz CT molecular complexity index is 810. The molecule has 0 saturated heterocycles. The number of sulfone groups is 1. The van der Waals surface area contributed by atoms with E-state index in [0.717, 1.165) is 5.56 Å². The number of phenols is 1. The quantitative estimate of drug-likeness (QED) is 0.945. The van der Waals surface area contributed by atoms with Gasteiger partial charge in [0, 0.05) is 11.5 Å². The third-order valence-electron chi connectivity index (χ3n) is 4.01. The van der Waals surface area contributed by atoms with Crippen molar-refractivity contribution in [3.05, 3.63) is 59.7 Å². The lowest BCUT2D eigenvalue weighted by molar-refractivity contribution is 0.0915. The van der Waals surface area contributed by atoms with E-state index in [-0.39, 0.29) is 22.2 Å². The van der Waals surface area contributed by atoms with Crippen molar-refractivity contribution in [3.63, 3.8) is 0 Å². The first-order chi connectivity index (χ1) is 10.5. The highest BCUT2D eigenvalue weighted by Crippen LogP contribution is 2.30. The first-order valence-electron chi connectivity index (χ1n) is 7.11. The minimum atomic E-state index is -3.47. The number of hydrogen-bond donors (Lipinski definition) is 1. The predicted octanol–water partition coefficient (Wildman–Crippen LogP) is 2.61. The fourth-order valence-electron chi connectivity index (χ4n) is 2.86. The minimum Gasteiger partial charge on any atom is -0.508 e. The molecule has 4 nitrogen and oxygen atoms in total. The van der Waals surface area contributed by atoms with Gasteiger partial charge in [-0.25, -0.2) is 8.42 Å². The standard InChI is InChI=1S/C17H16O4S/c18-14-8-9-16-12(10-14)6-7-13(17(16)19)11-22(20,21)15-4-2-1-3-5-15/h1-5,8-10,13,18H,6-7,11H2. The predicted molar refractivity (Wildman–Crippen MR) is 82.7 cm³/mol. The first kappa shape index (κ1) is 14.8. The van der Waals surface area contributed by atoms with Crippen LogP contribution in [0.25, 0.3) is 0 Å². The Hall–Kier alpha value is -2.14. The highest BCUT2D eigenvalue weighted by molar-refractivity contribution is 7.91. The van der Waals surface area contributed by atoms with E-state index in [0.29, 0.717) is 18.4 Å². The van der Waals surface area contributed by atoms with Crippen molar-refractivity contribution in [1.82, 2.24) is 0 Å². The number of aryl methyl sites for hydroxylation is 1. The molecule has 1 aliphatic carbocycles. The molecule has 0 aliphatic heterocycles. The maximum Gasteiger partial charge on any atom is 0.179 e. The monoisotopic (exact) mass is 316 g/mol. The highest BCUT2D eigenvalue weighted by Gasteiger charge is 2.31. The van der Waals surface area contributed by atoms with Crippen molar-refractivity contribution >= 4 is 15.6 Å². The van der Waals surface area contributed by atoms with Gasteiger partial charge in [0.2, 0.25) is 0 Å². The minimum absolute atomic E-state index is 0.127. The number of phenolic OH excluding ortho intramolecular Hbond substituents is 1. The van der Waals surface area contributed by atoms with Crippen LogP contribution in [0.4, 0.5) is 0 Å². The summed E-state index contributed by atoms with van der Waals surface area (Å²) in [4.78, 5) is 12.7. The van der Waals surface area contributed by atoms with Crippen LogP contribution < -0.4 is 0 Å². The largest absolute Gasteiger partial charge is 0.508 e. The third-order valence-corrected chi connectivity index (χ3v) is 5.84. The number of hydrogen-bond acceptors (Lipinski definition) is 4. The second kappa shape index (κ2) is 5.57. The summed E-state index contributed by atoms with van der Waals surface area (Å²) >= 11 is 0. The van der Waals surface area contributed by atoms with Gasteiger partial charge in [0.05, 0.1) is 10.6 Å². The molecule has 1 N–H and O–H groups in total. The van der Waals surface area contributed by atoms with Crippen LogP contribution in [0.5, 0.6) is 5.75 Å². The SMILES string of the molecule is O=C1c2ccc(O)cc2CCC1CS(=O)(=O)c1ccccc1. The number of Topliss-reactive ketones (excluding diaryl/α,β-unsaturated/α-hetero) is 1. The Kier molecular flexibility index (Phi) is 3.74. The van der Waals surface area contributed by atoms with Crippen molar-refractivity contribution < 1.29 is 18.3 Å². The summed E-state index contributed by atoms with van der Waals surface area (Å²) in [6, 6.07) is 12.8. The molecule has 1 unspecified atom stereocenters. The fraction of sp³-hybridized carbons (Fsp3) is 0.235. The second-order valence-electron chi connectivity index (χ2n) is 5.54. The lowest BCUT2D eigenvalue weighted by atomic mass is 9.83. The molecule has 114 valence electrons. The van der Waals surface area contributed by atoms with Crippen molar-refractivity contribution in [1.29, 1.82) is 0 Å². The van der Waals surface area contributed by atoms with E-state index in [2.05, 4.69) is 0 Å². The highest BCUT2D eigenvalue weighted by atomic mass is 32.2. The molecule has 3 rings (SSSR count). The average Bonchev–Trinajstić information content (AvgIpc) is 2.51. The lowest BCUT2D eigenvalue weighted by Gasteiger charge is -2.23. The van der Waals surface area contributed by atoms with Crippen molar-refractivity contribution in [3.8, 4) is 5.75 Å². The van der Waals surface area contributed by atoms with Crippen LogP contribution in [0, 0.1) is 5.92 Å². The van der Waals surface area contributed by atoms with Gasteiger partial charge in [0.25, 0.3) is 0 Å². The summed E-state index contributed by atoms with van der Waals surface area (Å²) in [5.41, 5.74) is 1.32. The maximum atomic E-state index is 12.5. The Morgan fingerprint density at radius 1 is 1.09 bits per heavy atom. The summed E-state index contributed by atoms with van der Waals surface area (Å²) in [6.07, 6.45) is 1.09. The van der Waals surface area contributed by atoms with E-state index in [9.17, 15) is 18.3 Å². The van der Waals surface area contributed by atoms with Crippen LogP contribution >= 0.6 is 0 Å². The third kappa shape index (κ3) is 2.76. The van der Waals surface area contributed by atoms with E-state index in [1.54, 1.807) is 42.5 Å². The van der Waals surface area contributed by atoms with Gasteiger partial charge in [-0.15, -0.1) is 0 Å². The normalized spacial score (nSPS) is 18.0. The Balaban J connectivity index is 1.86. The molecule has 1 aliphatic rings. The van der Waals surface area contributed by atoms with Gasteiger partial charge in [0.15, 0.2) is 15.6 Å². The molecule has 1 atom stereocenters. The Morgan fingerprint density at radius 3 is 2.55 bits per heavy atom. The molecule has 0 bridgehead atoms. The van der Waals surface area contributed by atoms with Crippen molar-refractivity contribution in [2.75, 3.05) is 5.75 Å². The van der Waals surface area contributed by atoms with Gasteiger partial charge < -0.3 is 5.11 Å². The lowest BCUT2D eigenvalue weighted by Crippen LogP contribution is -2.29. The summed E-state index contributed by atoms with van der Waals surface area (Å²) in [7, 11) is -3.47.